The largest absolute Gasteiger partial charge is 0.497 e. The van der Waals surface area contributed by atoms with Crippen LogP contribution in [0.4, 0.5) is 9.52 Å². The Hall–Kier alpha value is -3.00. The third kappa shape index (κ3) is 4.59. The first kappa shape index (κ1) is 18.8. The molecule has 0 aliphatic carbocycles. The van der Waals surface area contributed by atoms with Crippen LogP contribution in [0.2, 0.25) is 0 Å². The fraction of sp³-hybridized carbons (Fsp3) is 0.211. The predicted molar refractivity (Wildman–Crippen MR) is 102 cm³/mol. The number of methoxy groups -OCH3 is 1. The first-order chi connectivity index (χ1) is 13.1. The molecule has 27 heavy (non-hydrogen) atoms. The van der Waals surface area contributed by atoms with Crippen molar-refractivity contribution in [2.45, 2.75) is 19.4 Å². The quantitative estimate of drug-likeness (QED) is 0.659. The van der Waals surface area contributed by atoms with E-state index in [2.05, 4.69) is 15.5 Å². The van der Waals surface area contributed by atoms with E-state index in [1.807, 2.05) is 24.3 Å². The average molecular weight is 387 g/mol. The number of carbonyl (C=O) groups is 1. The van der Waals surface area contributed by atoms with Crippen molar-refractivity contribution in [1.29, 1.82) is 0 Å². The molecule has 1 amide bonds. The molecule has 1 N–H and O–H groups in total. The number of carbonyl (C=O) groups excluding carboxylic acids is 1. The molecule has 3 rings (SSSR count). The third-order valence-corrected chi connectivity index (χ3v) is 4.65. The average Bonchev–Trinajstić information content (AvgIpc) is 3.15. The maximum absolute atomic E-state index is 13.7. The summed E-state index contributed by atoms with van der Waals surface area (Å²) in [5, 5.41) is 11.8. The summed E-state index contributed by atoms with van der Waals surface area (Å²) in [5.74, 6) is -0.136. The molecule has 2 aromatic carbocycles. The number of hydrogen-bond donors (Lipinski definition) is 1. The Morgan fingerprint density at radius 2 is 1.93 bits per heavy atom. The number of rotatable bonds is 7. The van der Waals surface area contributed by atoms with Crippen molar-refractivity contribution in [2.75, 3.05) is 12.4 Å². The Morgan fingerprint density at radius 3 is 2.59 bits per heavy atom. The van der Waals surface area contributed by atoms with Crippen LogP contribution in [0.1, 0.15) is 13.3 Å². The molecule has 6 nitrogen and oxygen atoms in total. The summed E-state index contributed by atoms with van der Waals surface area (Å²) < 4.78 is 24.4. The fourth-order valence-corrected chi connectivity index (χ4v) is 3.08. The molecule has 0 saturated heterocycles. The number of amides is 1. The van der Waals surface area contributed by atoms with Gasteiger partial charge in [0.05, 0.1) is 7.11 Å². The Morgan fingerprint density at radius 1 is 1.19 bits per heavy atom. The lowest BCUT2D eigenvalue weighted by Gasteiger charge is -2.16. The summed E-state index contributed by atoms with van der Waals surface area (Å²) >= 11 is 1.24. The van der Waals surface area contributed by atoms with Gasteiger partial charge in [-0.2, -0.15) is 0 Å². The van der Waals surface area contributed by atoms with E-state index in [4.69, 9.17) is 9.47 Å². The van der Waals surface area contributed by atoms with E-state index >= 15 is 0 Å². The summed E-state index contributed by atoms with van der Waals surface area (Å²) in [4.78, 5) is 12.5. The molecule has 1 unspecified atom stereocenters. The van der Waals surface area contributed by atoms with Crippen LogP contribution in [0.25, 0.3) is 10.6 Å². The van der Waals surface area contributed by atoms with Crippen molar-refractivity contribution >= 4 is 22.4 Å². The zero-order valence-corrected chi connectivity index (χ0v) is 15.6. The minimum Gasteiger partial charge on any atom is -0.497 e. The first-order valence-electron chi connectivity index (χ1n) is 8.30. The van der Waals surface area contributed by atoms with E-state index in [1.165, 1.54) is 23.5 Å². The van der Waals surface area contributed by atoms with E-state index in [-0.39, 0.29) is 5.75 Å². The van der Waals surface area contributed by atoms with Gasteiger partial charge in [0, 0.05) is 5.56 Å². The van der Waals surface area contributed by atoms with Gasteiger partial charge in [-0.3, -0.25) is 10.1 Å². The normalized spacial score (nSPS) is 11.7. The summed E-state index contributed by atoms with van der Waals surface area (Å²) in [6.45, 7) is 1.79. The van der Waals surface area contributed by atoms with Crippen molar-refractivity contribution < 1.29 is 18.7 Å². The van der Waals surface area contributed by atoms with Crippen molar-refractivity contribution in [3.8, 4) is 22.1 Å². The molecule has 1 heterocycles. The first-order valence-corrected chi connectivity index (χ1v) is 9.12. The highest BCUT2D eigenvalue weighted by molar-refractivity contribution is 7.18. The molecule has 140 valence electrons. The maximum atomic E-state index is 13.7. The second-order valence-electron chi connectivity index (χ2n) is 5.58. The summed E-state index contributed by atoms with van der Waals surface area (Å²) in [6.07, 6.45) is -0.458. The number of halogens is 1. The highest BCUT2D eigenvalue weighted by atomic mass is 32.1. The highest BCUT2D eigenvalue weighted by Crippen LogP contribution is 2.28. The molecule has 8 heteroatoms. The number of aromatic nitrogens is 2. The van der Waals surface area contributed by atoms with Crippen LogP contribution >= 0.6 is 11.3 Å². The SMILES string of the molecule is CCC(Oc1ccccc1F)C(=O)Nc1nnc(-c2ccc(OC)cc2)s1. The van der Waals surface area contributed by atoms with Crippen molar-refractivity contribution in [3.05, 3.63) is 54.3 Å². The summed E-state index contributed by atoms with van der Waals surface area (Å²) in [5.41, 5.74) is 0.864. The van der Waals surface area contributed by atoms with Gasteiger partial charge >= 0.3 is 0 Å². The number of anilines is 1. The van der Waals surface area contributed by atoms with Gasteiger partial charge in [0.25, 0.3) is 5.91 Å². The third-order valence-electron chi connectivity index (χ3n) is 3.76. The Balaban J connectivity index is 1.67. The minimum atomic E-state index is -0.838. The molecular weight excluding hydrogens is 369 g/mol. The van der Waals surface area contributed by atoms with Crippen LogP contribution in [0.15, 0.2) is 48.5 Å². The molecular formula is C19H18FN3O3S. The zero-order valence-electron chi connectivity index (χ0n) is 14.8. The summed E-state index contributed by atoms with van der Waals surface area (Å²) in [7, 11) is 1.60. The monoisotopic (exact) mass is 387 g/mol. The lowest BCUT2D eigenvalue weighted by atomic mass is 10.2. The minimum absolute atomic E-state index is 0.0377. The number of benzene rings is 2. The predicted octanol–water partition coefficient (Wildman–Crippen LogP) is 4.15. The molecule has 0 radical (unpaired) electrons. The number of hydrogen-bond acceptors (Lipinski definition) is 6. The maximum Gasteiger partial charge on any atom is 0.267 e. The van der Waals surface area contributed by atoms with Crippen molar-refractivity contribution in [1.82, 2.24) is 10.2 Å². The molecule has 1 atom stereocenters. The lowest BCUT2D eigenvalue weighted by molar-refractivity contribution is -0.122. The fourth-order valence-electron chi connectivity index (χ4n) is 2.33. The second kappa shape index (κ2) is 8.59. The molecule has 0 bridgehead atoms. The van der Waals surface area contributed by atoms with Gasteiger partial charge in [-0.05, 0) is 42.8 Å². The number of ether oxygens (including phenoxy) is 2. The Bertz CT molecular complexity index is 915. The van der Waals surface area contributed by atoms with E-state index in [0.29, 0.717) is 16.6 Å². The van der Waals surface area contributed by atoms with Gasteiger partial charge in [0.15, 0.2) is 17.7 Å². The smallest absolute Gasteiger partial charge is 0.267 e. The van der Waals surface area contributed by atoms with Gasteiger partial charge in [0.1, 0.15) is 10.8 Å². The van der Waals surface area contributed by atoms with Crippen LogP contribution < -0.4 is 14.8 Å². The Kier molecular flexibility index (Phi) is 5.97. The van der Waals surface area contributed by atoms with Crippen LogP contribution in [-0.4, -0.2) is 29.3 Å². The zero-order chi connectivity index (χ0) is 19.2. The van der Waals surface area contributed by atoms with Crippen molar-refractivity contribution in [2.24, 2.45) is 0 Å². The van der Waals surface area contributed by atoms with Crippen LogP contribution in [0.5, 0.6) is 11.5 Å². The molecule has 0 spiro atoms. The van der Waals surface area contributed by atoms with Crippen LogP contribution in [-0.2, 0) is 4.79 Å². The standard InChI is InChI=1S/C19H18FN3O3S/c1-3-15(26-16-7-5-4-6-14(16)20)17(24)21-19-23-22-18(27-19)12-8-10-13(25-2)11-9-12/h4-11,15H,3H2,1-2H3,(H,21,23,24). The van der Waals surface area contributed by atoms with Gasteiger partial charge in [0.2, 0.25) is 5.13 Å². The van der Waals surface area contributed by atoms with Crippen molar-refractivity contribution in [3.63, 3.8) is 0 Å². The molecule has 0 saturated carbocycles. The topological polar surface area (TPSA) is 73.3 Å². The van der Waals surface area contributed by atoms with E-state index in [9.17, 15) is 9.18 Å². The van der Waals surface area contributed by atoms with Crippen LogP contribution in [0, 0.1) is 5.82 Å². The van der Waals surface area contributed by atoms with Crippen LogP contribution in [0.3, 0.4) is 0 Å². The molecule has 1 aromatic heterocycles. The van der Waals surface area contributed by atoms with E-state index in [0.717, 1.165) is 11.3 Å². The molecule has 0 aliphatic rings. The number of nitrogens with one attached hydrogen (secondary N) is 1. The molecule has 3 aromatic rings. The Labute approximate surface area is 160 Å². The number of para-hydroxylation sites is 1. The molecule has 0 aliphatic heterocycles. The van der Waals surface area contributed by atoms with Gasteiger partial charge in [-0.15, -0.1) is 10.2 Å². The summed E-state index contributed by atoms with van der Waals surface area (Å²) in [6, 6.07) is 13.3. The lowest BCUT2D eigenvalue weighted by Crippen LogP contribution is -2.32. The van der Waals surface area contributed by atoms with E-state index < -0.39 is 17.8 Å². The van der Waals surface area contributed by atoms with E-state index in [1.54, 1.807) is 26.2 Å². The van der Waals surface area contributed by atoms with Gasteiger partial charge < -0.3 is 9.47 Å². The van der Waals surface area contributed by atoms with Gasteiger partial charge in [-0.1, -0.05) is 30.4 Å². The number of nitrogens with zero attached hydrogens (tertiary/aromatic N) is 2. The highest BCUT2D eigenvalue weighted by Gasteiger charge is 2.21. The second-order valence-corrected chi connectivity index (χ2v) is 6.55. The molecule has 0 fully saturated rings. The van der Waals surface area contributed by atoms with Gasteiger partial charge in [-0.25, -0.2) is 4.39 Å².